The number of hydrogen-bond donors (Lipinski definition) is 3. The number of aliphatic hydroxyl groups is 2. The molecule has 0 saturated heterocycles. The minimum absolute atomic E-state index is 0.155. The summed E-state index contributed by atoms with van der Waals surface area (Å²) in [4.78, 5) is 16.2. The molecule has 0 amide bonds. The van der Waals surface area contributed by atoms with Crippen LogP contribution in [-0.2, 0) is 6.54 Å². The van der Waals surface area contributed by atoms with Crippen LogP contribution >= 0.6 is 0 Å². The molecule has 0 unspecified atom stereocenters. The lowest BCUT2D eigenvalue weighted by Crippen LogP contribution is -2.48. The van der Waals surface area contributed by atoms with Crippen molar-refractivity contribution >= 4 is 5.65 Å². The summed E-state index contributed by atoms with van der Waals surface area (Å²) in [7, 11) is 0. The lowest BCUT2D eigenvalue weighted by Gasteiger charge is -2.26. The number of pyridine rings is 1. The van der Waals surface area contributed by atoms with Crippen molar-refractivity contribution in [2.45, 2.75) is 19.0 Å². The Kier molecular flexibility index (Phi) is 3.94. The van der Waals surface area contributed by atoms with Crippen LogP contribution in [0.3, 0.4) is 0 Å². The number of nitrogens with zero attached hydrogens (tertiary/aromatic N) is 2. The van der Waals surface area contributed by atoms with Crippen LogP contribution < -0.4 is 10.9 Å². The highest BCUT2D eigenvalue weighted by molar-refractivity contribution is 5.37. The number of nitrogens with one attached hydrogen (secondary N) is 1. The third-order valence-corrected chi connectivity index (χ3v) is 3.02. The highest BCUT2D eigenvalue weighted by Gasteiger charge is 2.21. The molecule has 2 aromatic rings. The molecule has 3 N–H and O–H groups in total. The van der Waals surface area contributed by atoms with Crippen molar-refractivity contribution in [2.24, 2.45) is 0 Å². The third kappa shape index (κ3) is 2.98. The van der Waals surface area contributed by atoms with E-state index >= 15 is 0 Å². The number of fused-ring (bicyclic) bond motifs is 1. The zero-order valence-corrected chi connectivity index (χ0v) is 10.7. The summed E-state index contributed by atoms with van der Waals surface area (Å²) >= 11 is 0. The summed E-state index contributed by atoms with van der Waals surface area (Å²) in [5.41, 5.74) is 0.201. The van der Waals surface area contributed by atoms with Gasteiger partial charge in [0.15, 0.2) is 0 Å². The van der Waals surface area contributed by atoms with E-state index in [2.05, 4.69) is 10.3 Å². The summed E-state index contributed by atoms with van der Waals surface area (Å²) in [5, 5.41) is 21.4. The maximum absolute atomic E-state index is 11.9. The van der Waals surface area contributed by atoms with Gasteiger partial charge in [0.25, 0.3) is 5.56 Å². The van der Waals surface area contributed by atoms with Gasteiger partial charge >= 0.3 is 0 Å². The SMILES string of the molecule is CC(CO)(CO)NCc1cc(=O)n2ccccc2n1. The molecule has 0 saturated carbocycles. The molecule has 2 aromatic heterocycles. The Morgan fingerprint density at radius 2 is 2.11 bits per heavy atom. The Bertz CT molecular complexity index is 620. The Morgan fingerprint density at radius 3 is 2.79 bits per heavy atom. The zero-order chi connectivity index (χ0) is 13.9. The van der Waals surface area contributed by atoms with E-state index in [0.29, 0.717) is 17.9 Å². The molecule has 102 valence electrons. The summed E-state index contributed by atoms with van der Waals surface area (Å²) in [6.07, 6.45) is 1.66. The predicted octanol–water partition coefficient (Wildman–Crippen LogP) is -0.473. The minimum atomic E-state index is -0.788. The van der Waals surface area contributed by atoms with Crippen LogP contribution in [0.5, 0.6) is 0 Å². The van der Waals surface area contributed by atoms with Gasteiger partial charge in [0.05, 0.1) is 24.4 Å². The fourth-order valence-electron chi connectivity index (χ4n) is 1.66. The molecule has 2 heterocycles. The van der Waals surface area contributed by atoms with Gasteiger partial charge in [-0.1, -0.05) is 6.07 Å². The van der Waals surface area contributed by atoms with E-state index in [1.54, 1.807) is 25.3 Å². The van der Waals surface area contributed by atoms with Crippen molar-refractivity contribution in [1.29, 1.82) is 0 Å². The van der Waals surface area contributed by atoms with Crippen LogP contribution in [0, 0.1) is 0 Å². The lowest BCUT2D eigenvalue weighted by molar-refractivity contribution is 0.103. The zero-order valence-electron chi connectivity index (χ0n) is 10.7. The van der Waals surface area contributed by atoms with Gasteiger partial charge in [-0.3, -0.25) is 9.20 Å². The summed E-state index contributed by atoms with van der Waals surface area (Å²) in [6, 6.07) is 6.77. The number of rotatable bonds is 5. The minimum Gasteiger partial charge on any atom is -0.394 e. The number of aliphatic hydroxyl groups excluding tert-OH is 2. The maximum atomic E-state index is 11.9. The second kappa shape index (κ2) is 5.48. The maximum Gasteiger partial charge on any atom is 0.258 e. The van der Waals surface area contributed by atoms with E-state index in [9.17, 15) is 15.0 Å². The number of hydrogen-bond acceptors (Lipinski definition) is 5. The Morgan fingerprint density at radius 1 is 1.37 bits per heavy atom. The van der Waals surface area contributed by atoms with Crippen LogP contribution in [0.4, 0.5) is 0 Å². The van der Waals surface area contributed by atoms with Gasteiger partial charge < -0.3 is 15.5 Å². The van der Waals surface area contributed by atoms with Crippen molar-refractivity contribution in [3.63, 3.8) is 0 Å². The first-order chi connectivity index (χ1) is 9.08. The molecule has 0 aliphatic rings. The monoisotopic (exact) mass is 263 g/mol. The molecule has 19 heavy (non-hydrogen) atoms. The highest BCUT2D eigenvalue weighted by Crippen LogP contribution is 2.04. The van der Waals surface area contributed by atoms with Crippen molar-refractivity contribution in [3.8, 4) is 0 Å². The molecule has 0 aliphatic heterocycles. The largest absolute Gasteiger partial charge is 0.394 e. The molecule has 0 atom stereocenters. The van der Waals surface area contributed by atoms with Crippen LogP contribution in [0.2, 0.25) is 0 Å². The molecule has 0 aromatic carbocycles. The van der Waals surface area contributed by atoms with E-state index in [1.165, 1.54) is 10.5 Å². The van der Waals surface area contributed by atoms with Gasteiger partial charge in [-0.25, -0.2) is 4.98 Å². The van der Waals surface area contributed by atoms with E-state index in [4.69, 9.17) is 0 Å². The van der Waals surface area contributed by atoms with Crippen molar-refractivity contribution in [1.82, 2.24) is 14.7 Å². The molecule has 0 fully saturated rings. The Hall–Kier alpha value is -1.76. The molecule has 0 radical (unpaired) electrons. The van der Waals surface area contributed by atoms with Gasteiger partial charge in [-0.05, 0) is 19.1 Å². The van der Waals surface area contributed by atoms with Crippen molar-refractivity contribution < 1.29 is 10.2 Å². The van der Waals surface area contributed by atoms with E-state index in [0.717, 1.165) is 0 Å². The third-order valence-electron chi connectivity index (χ3n) is 3.02. The quantitative estimate of drug-likeness (QED) is 0.679. The van der Waals surface area contributed by atoms with E-state index < -0.39 is 5.54 Å². The Labute approximate surface area is 110 Å². The lowest BCUT2D eigenvalue weighted by atomic mass is 10.1. The van der Waals surface area contributed by atoms with Gasteiger partial charge in [0.2, 0.25) is 0 Å². The first-order valence-corrected chi connectivity index (χ1v) is 6.02. The van der Waals surface area contributed by atoms with Gasteiger partial charge in [-0.15, -0.1) is 0 Å². The molecule has 6 nitrogen and oxygen atoms in total. The second-order valence-corrected chi connectivity index (χ2v) is 4.74. The average molecular weight is 263 g/mol. The highest BCUT2D eigenvalue weighted by atomic mass is 16.3. The number of aromatic nitrogens is 2. The average Bonchev–Trinajstić information content (AvgIpc) is 2.45. The van der Waals surface area contributed by atoms with Crippen LogP contribution in [0.15, 0.2) is 35.3 Å². The normalized spacial score (nSPS) is 11.9. The first kappa shape index (κ1) is 13.7. The second-order valence-electron chi connectivity index (χ2n) is 4.74. The van der Waals surface area contributed by atoms with E-state index in [-0.39, 0.29) is 18.8 Å². The van der Waals surface area contributed by atoms with E-state index in [1.807, 2.05) is 6.07 Å². The van der Waals surface area contributed by atoms with Gasteiger partial charge in [0, 0.05) is 18.8 Å². The standard InChI is InChI=1S/C13H17N3O3/c1-13(8-17,9-18)14-7-10-6-12(19)16-5-3-2-4-11(16)15-10/h2-6,14,17-18H,7-9H2,1H3. The topological polar surface area (TPSA) is 86.9 Å². The fourth-order valence-corrected chi connectivity index (χ4v) is 1.66. The van der Waals surface area contributed by atoms with Gasteiger partial charge in [0.1, 0.15) is 5.65 Å². The van der Waals surface area contributed by atoms with Crippen molar-refractivity contribution in [3.05, 3.63) is 46.5 Å². The fraction of sp³-hybridized carbons (Fsp3) is 0.385. The molecule has 2 rings (SSSR count). The molecule has 6 heteroatoms. The van der Waals surface area contributed by atoms with Gasteiger partial charge in [-0.2, -0.15) is 0 Å². The van der Waals surface area contributed by atoms with Crippen LogP contribution in [0.25, 0.3) is 5.65 Å². The Balaban J connectivity index is 2.25. The van der Waals surface area contributed by atoms with Crippen molar-refractivity contribution in [2.75, 3.05) is 13.2 Å². The molecular formula is C13H17N3O3. The first-order valence-electron chi connectivity index (χ1n) is 6.02. The molecule has 0 aliphatic carbocycles. The summed E-state index contributed by atoms with van der Waals surface area (Å²) < 4.78 is 1.46. The molecular weight excluding hydrogens is 246 g/mol. The predicted molar refractivity (Wildman–Crippen MR) is 70.9 cm³/mol. The summed E-state index contributed by atoms with van der Waals surface area (Å²) in [5.74, 6) is 0. The van der Waals surface area contributed by atoms with Crippen LogP contribution in [-0.4, -0.2) is 38.4 Å². The molecule has 0 spiro atoms. The smallest absolute Gasteiger partial charge is 0.258 e. The summed E-state index contributed by atoms with van der Waals surface area (Å²) in [6.45, 7) is 1.60. The van der Waals surface area contributed by atoms with Crippen LogP contribution in [0.1, 0.15) is 12.6 Å². The molecule has 0 bridgehead atoms.